The third-order valence-corrected chi connectivity index (χ3v) is 10.2. The number of carboxylic acid groups (broad SMARTS) is 3. The molecule has 1 heterocycles. The average Bonchev–Trinajstić information content (AvgIpc) is 3.76. The Morgan fingerprint density at radius 1 is 0.761 bits per heavy atom. The molecule has 7 atom stereocenters. The number of hydrogen-bond donors (Lipinski definition) is 10. The maximum atomic E-state index is 14.2. The molecule has 25 nitrogen and oxygen atoms in total. The largest absolute Gasteiger partial charge is 0.481 e. The minimum absolute atomic E-state index is 0.0227. The van der Waals surface area contributed by atoms with E-state index in [4.69, 9.17) is 17.7 Å². The van der Waals surface area contributed by atoms with E-state index in [1.807, 2.05) is 0 Å². The summed E-state index contributed by atoms with van der Waals surface area (Å²) in [5.41, 5.74) is 14.7. The number of nitrogens with zero attached hydrogens (tertiary/aromatic N) is 4. The van der Waals surface area contributed by atoms with Crippen LogP contribution in [0.25, 0.3) is 10.4 Å². The Labute approximate surface area is 384 Å². The number of hydrogen-bond acceptors (Lipinski definition) is 12. The van der Waals surface area contributed by atoms with Gasteiger partial charge in [-0.3, -0.25) is 52.7 Å². The number of carboxylic acids is 3. The molecule has 8 amide bonds. The first-order valence-electron chi connectivity index (χ1n) is 21.2. The van der Waals surface area contributed by atoms with Crippen molar-refractivity contribution in [1.29, 1.82) is 0 Å². The number of likely N-dealkylation sites (tertiary alicyclic amines) is 1. The molecule has 0 aliphatic carbocycles. The Balaban J connectivity index is 2.37. The number of primary amides is 1. The molecule has 11 N–H and O–H groups in total. The summed E-state index contributed by atoms with van der Waals surface area (Å²) < 4.78 is 0. The van der Waals surface area contributed by atoms with Crippen LogP contribution in [0.4, 0.5) is 0 Å². The van der Waals surface area contributed by atoms with Crippen LogP contribution in [0.1, 0.15) is 83.6 Å². The number of carbonyl (C=O) groups excluding carboxylic acids is 8. The molecule has 0 bridgehead atoms. The monoisotopic (exact) mass is 939 g/mol. The van der Waals surface area contributed by atoms with Gasteiger partial charge in [0.25, 0.3) is 0 Å². The summed E-state index contributed by atoms with van der Waals surface area (Å²) in [6, 6.07) is -1.75. The molecule has 25 heteroatoms. The lowest BCUT2D eigenvalue weighted by Gasteiger charge is -2.31. The summed E-state index contributed by atoms with van der Waals surface area (Å²) in [6.07, 6.45) is 2.07. The van der Waals surface area contributed by atoms with Crippen molar-refractivity contribution in [3.05, 3.63) is 46.3 Å². The first-order valence-corrected chi connectivity index (χ1v) is 21.2. The van der Waals surface area contributed by atoms with Crippen molar-refractivity contribution in [2.75, 3.05) is 13.1 Å². The number of carbonyl (C=O) groups is 11. The number of aliphatic carboxylic acids is 3. The second kappa shape index (κ2) is 28.2. The highest BCUT2D eigenvalue weighted by Gasteiger charge is 2.40. The van der Waals surface area contributed by atoms with Crippen LogP contribution in [-0.2, 0) is 59.2 Å². The van der Waals surface area contributed by atoms with Gasteiger partial charge in [0.05, 0.1) is 6.42 Å². The van der Waals surface area contributed by atoms with Crippen LogP contribution < -0.4 is 37.6 Å². The third kappa shape index (κ3) is 19.9. The summed E-state index contributed by atoms with van der Waals surface area (Å²) in [4.78, 5) is 145. The van der Waals surface area contributed by atoms with Crippen molar-refractivity contribution in [3.8, 4) is 12.3 Å². The first-order chi connectivity index (χ1) is 31.7. The van der Waals surface area contributed by atoms with Gasteiger partial charge in [0.1, 0.15) is 48.8 Å². The molecule has 0 unspecified atom stereocenters. The van der Waals surface area contributed by atoms with E-state index in [2.05, 4.69) is 47.8 Å². The highest BCUT2D eigenvalue weighted by Crippen LogP contribution is 2.21. The van der Waals surface area contributed by atoms with Crippen molar-refractivity contribution in [2.24, 2.45) is 16.8 Å². The van der Waals surface area contributed by atoms with E-state index in [1.54, 1.807) is 44.2 Å². The molecule has 0 saturated carbocycles. The molecule has 1 saturated heterocycles. The molecule has 0 spiro atoms. The zero-order chi connectivity index (χ0) is 50.2. The smallest absolute Gasteiger partial charge is 0.305 e. The van der Waals surface area contributed by atoms with E-state index in [9.17, 15) is 68.1 Å². The second-order valence-corrected chi connectivity index (χ2v) is 15.9. The molecule has 364 valence electrons. The summed E-state index contributed by atoms with van der Waals surface area (Å²) in [5.74, 6) is -10.1. The maximum absolute atomic E-state index is 14.2. The SMILES string of the molecule is C#CC[C@H](NC(=O)[C@H](CCC(=O)O)NC(=O)[C@H](CC(C)C)NC(=O)[C@@H]1CCCN1C(=O)[C@H](CCC(=O)O)NC(=O)[C@H](CC(=O)O)NC(=O)[C@H](CCc1ccccc1)NC(=O)CN=[N+]=[N-])C(N)=O. The lowest BCUT2D eigenvalue weighted by molar-refractivity contribution is -0.144. The number of azide groups is 1. The van der Waals surface area contributed by atoms with Gasteiger partial charge in [-0.2, -0.15) is 0 Å². The Morgan fingerprint density at radius 2 is 1.30 bits per heavy atom. The van der Waals surface area contributed by atoms with Crippen LogP contribution in [0.2, 0.25) is 0 Å². The van der Waals surface area contributed by atoms with Crippen LogP contribution in [0, 0.1) is 18.3 Å². The molecule has 67 heavy (non-hydrogen) atoms. The van der Waals surface area contributed by atoms with E-state index >= 15 is 0 Å². The molecular formula is C42H57N11O14. The van der Waals surface area contributed by atoms with E-state index in [-0.39, 0.29) is 51.0 Å². The second-order valence-electron chi connectivity index (χ2n) is 15.9. The number of amides is 8. The molecule has 1 fully saturated rings. The van der Waals surface area contributed by atoms with E-state index in [1.165, 1.54) is 0 Å². The number of rotatable bonds is 29. The van der Waals surface area contributed by atoms with Gasteiger partial charge in [-0.15, -0.1) is 12.3 Å². The van der Waals surface area contributed by atoms with Crippen LogP contribution in [-0.4, -0.2) is 141 Å². The van der Waals surface area contributed by atoms with Gasteiger partial charge < -0.3 is 57.9 Å². The predicted molar refractivity (Wildman–Crippen MR) is 233 cm³/mol. The summed E-state index contributed by atoms with van der Waals surface area (Å²) >= 11 is 0. The zero-order valence-electron chi connectivity index (χ0n) is 37.0. The Morgan fingerprint density at radius 3 is 1.85 bits per heavy atom. The van der Waals surface area contributed by atoms with Crippen LogP contribution in [0.5, 0.6) is 0 Å². The minimum atomic E-state index is -1.88. The number of aryl methyl sites for hydroxylation is 1. The fourth-order valence-corrected chi connectivity index (χ4v) is 6.91. The third-order valence-electron chi connectivity index (χ3n) is 10.2. The predicted octanol–water partition coefficient (Wildman–Crippen LogP) is -1.41. The van der Waals surface area contributed by atoms with Crippen molar-refractivity contribution >= 4 is 65.2 Å². The standard InChI is InChI=1S/C42H57N11O14/c1-4-9-25(36(43)61)47-38(63)27(15-17-33(55)56)48-39(64)29(20-23(2)3)51-41(66)31-12-8-19-53(31)42(67)28(16-18-34(57)58)49-40(65)30(21-35(59)60)50-37(62)26(46-32(54)22-45-52-44)14-13-24-10-6-5-7-11-24/h1,5-7,10-11,23,25-31H,8-9,12-22H2,2-3H3,(H2,43,61)(H,46,54)(H,47,63)(H,48,64)(H,49,65)(H,50,62)(H,51,66)(H,55,56)(H,57,58)(H,59,60)/t25-,26-,27-,28-,29-,30-,31-/m0/s1. The average molecular weight is 940 g/mol. The van der Waals surface area contributed by atoms with Crippen molar-refractivity contribution in [1.82, 2.24) is 36.8 Å². The van der Waals surface area contributed by atoms with Gasteiger partial charge >= 0.3 is 17.9 Å². The van der Waals surface area contributed by atoms with Gasteiger partial charge in [-0.05, 0) is 62.0 Å². The lowest BCUT2D eigenvalue weighted by Crippen LogP contribution is -2.60. The number of terminal acetylenes is 1. The van der Waals surface area contributed by atoms with Gasteiger partial charge in [0.2, 0.25) is 47.3 Å². The Kier molecular flexibility index (Phi) is 23.3. The summed E-state index contributed by atoms with van der Waals surface area (Å²) in [5, 5.41) is 45.9. The molecule has 0 aromatic heterocycles. The molecule has 0 radical (unpaired) electrons. The number of nitrogens with one attached hydrogen (secondary N) is 6. The normalized spacial score (nSPS) is 15.6. The Bertz CT molecular complexity index is 2070. The molecular weight excluding hydrogens is 883 g/mol. The first kappa shape index (κ1) is 55.4. The van der Waals surface area contributed by atoms with Crippen molar-refractivity contribution in [2.45, 2.75) is 127 Å². The zero-order valence-corrected chi connectivity index (χ0v) is 37.0. The Hall–Kier alpha value is -7.74. The molecule has 1 aromatic rings. The number of benzene rings is 1. The fourth-order valence-electron chi connectivity index (χ4n) is 6.91. The quantitative estimate of drug-likeness (QED) is 0.0191. The summed E-state index contributed by atoms with van der Waals surface area (Å²) in [7, 11) is 0. The molecule has 1 aromatic carbocycles. The van der Waals surface area contributed by atoms with Gasteiger partial charge in [0.15, 0.2) is 0 Å². The summed E-state index contributed by atoms with van der Waals surface area (Å²) in [6.45, 7) is 2.67. The highest BCUT2D eigenvalue weighted by molar-refractivity contribution is 5.98. The highest BCUT2D eigenvalue weighted by atomic mass is 16.4. The van der Waals surface area contributed by atoms with Crippen LogP contribution in [0.3, 0.4) is 0 Å². The number of nitrogens with two attached hydrogens (primary N) is 1. The van der Waals surface area contributed by atoms with Gasteiger partial charge in [0, 0.05) is 30.7 Å². The molecule has 1 aliphatic rings. The van der Waals surface area contributed by atoms with Crippen LogP contribution >= 0.6 is 0 Å². The topological polar surface area (TPSA) is 399 Å². The molecule has 1 aliphatic heterocycles. The van der Waals surface area contributed by atoms with E-state index in [0.717, 1.165) is 10.5 Å². The van der Waals surface area contributed by atoms with Crippen molar-refractivity contribution in [3.63, 3.8) is 0 Å². The molecule has 2 rings (SSSR count). The van der Waals surface area contributed by atoms with E-state index < -0.39 is 146 Å². The van der Waals surface area contributed by atoms with Crippen molar-refractivity contribution < 1.29 is 68.1 Å². The fraction of sp³-hybridized carbons (Fsp3) is 0.548. The lowest BCUT2D eigenvalue weighted by atomic mass is 10.0. The van der Waals surface area contributed by atoms with E-state index in [0.29, 0.717) is 0 Å². The van der Waals surface area contributed by atoms with Crippen LogP contribution in [0.15, 0.2) is 35.4 Å². The minimum Gasteiger partial charge on any atom is -0.481 e. The maximum Gasteiger partial charge on any atom is 0.305 e. The van der Waals surface area contributed by atoms with Gasteiger partial charge in [-0.1, -0.05) is 49.3 Å². The van der Waals surface area contributed by atoms with Gasteiger partial charge in [-0.25, -0.2) is 0 Å².